The molecule has 0 aliphatic rings. The van der Waals surface area contributed by atoms with Crippen molar-refractivity contribution in [2.75, 3.05) is 6.61 Å². The van der Waals surface area contributed by atoms with Crippen molar-refractivity contribution < 1.29 is 14.6 Å². The van der Waals surface area contributed by atoms with Crippen molar-refractivity contribution in [1.29, 1.82) is 5.41 Å². The molecule has 0 spiro atoms. The van der Waals surface area contributed by atoms with E-state index >= 15 is 0 Å². The maximum Gasteiger partial charge on any atom is 0.311 e. The molecule has 1 rings (SSSR count). The van der Waals surface area contributed by atoms with Crippen LogP contribution in [-0.4, -0.2) is 23.4 Å². The topological polar surface area (TPSA) is 70.4 Å². The van der Waals surface area contributed by atoms with E-state index in [2.05, 4.69) is 15.9 Å². The van der Waals surface area contributed by atoms with E-state index in [1.54, 1.807) is 19.1 Å². The Labute approximate surface area is 102 Å². The summed E-state index contributed by atoms with van der Waals surface area (Å²) >= 11 is 3.24. The molecule has 0 fully saturated rings. The Bertz CT molecular complexity index is 418. The Kier molecular flexibility index (Phi) is 4.49. The van der Waals surface area contributed by atoms with E-state index in [9.17, 15) is 9.90 Å². The minimum absolute atomic E-state index is 0.0162. The zero-order chi connectivity index (χ0) is 12.1. The lowest BCUT2D eigenvalue weighted by Crippen LogP contribution is -2.11. The molecule has 0 heterocycles. The van der Waals surface area contributed by atoms with Gasteiger partial charge >= 0.3 is 5.97 Å². The van der Waals surface area contributed by atoms with Crippen molar-refractivity contribution in [3.05, 3.63) is 28.2 Å². The summed E-state index contributed by atoms with van der Waals surface area (Å²) in [4.78, 5) is 11.2. The Morgan fingerprint density at radius 2 is 2.25 bits per heavy atom. The van der Waals surface area contributed by atoms with Gasteiger partial charge in [0, 0.05) is 10.0 Å². The monoisotopic (exact) mass is 285 g/mol. The lowest BCUT2D eigenvalue weighted by Gasteiger charge is -2.06. The number of carbonyl (C=O) groups is 1. The van der Waals surface area contributed by atoms with E-state index in [1.807, 2.05) is 0 Å². The standard InChI is InChI=1S/C11H12BrNO3/c1-2-16-11(15)6-9(13)8-5-7(12)3-4-10(8)14/h3-5,13-14H,2,6H2,1H3. The second kappa shape index (κ2) is 5.65. The minimum atomic E-state index is -0.466. The predicted molar refractivity (Wildman–Crippen MR) is 63.9 cm³/mol. The zero-order valence-electron chi connectivity index (χ0n) is 8.79. The molecule has 5 heteroatoms. The number of halogens is 1. The first-order chi connectivity index (χ1) is 7.54. The second-order valence-electron chi connectivity index (χ2n) is 3.12. The normalized spacial score (nSPS) is 9.88. The van der Waals surface area contributed by atoms with Crippen molar-refractivity contribution in [2.45, 2.75) is 13.3 Å². The van der Waals surface area contributed by atoms with Gasteiger partial charge in [0.05, 0.1) is 18.7 Å². The molecule has 2 N–H and O–H groups in total. The van der Waals surface area contributed by atoms with Crippen molar-refractivity contribution in [1.82, 2.24) is 0 Å². The van der Waals surface area contributed by atoms with Crippen LogP contribution in [0, 0.1) is 5.41 Å². The first-order valence-corrected chi connectivity index (χ1v) is 5.55. The SMILES string of the molecule is CCOC(=O)CC(=N)c1cc(Br)ccc1O. The summed E-state index contributed by atoms with van der Waals surface area (Å²) in [6.45, 7) is 1.99. The molecule has 0 unspecified atom stereocenters. The highest BCUT2D eigenvalue weighted by Crippen LogP contribution is 2.23. The molecule has 0 saturated heterocycles. The fourth-order valence-electron chi connectivity index (χ4n) is 1.20. The molecule has 0 aliphatic carbocycles. The van der Waals surface area contributed by atoms with Crippen LogP contribution >= 0.6 is 15.9 Å². The molecular formula is C11H12BrNO3. The Hall–Kier alpha value is -1.36. The smallest absolute Gasteiger partial charge is 0.311 e. The number of rotatable bonds is 4. The van der Waals surface area contributed by atoms with E-state index in [1.165, 1.54) is 6.07 Å². The summed E-state index contributed by atoms with van der Waals surface area (Å²) in [7, 11) is 0. The number of phenols is 1. The van der Waals surface area contributed by atoms with Gasteiger partial charge in [-0.1, -0.05) is 15.9 Å². The fraction of sp³-hybridized carbons (Fsp3) is 0.273. The van der Waals surface area contributed by atoms with Crippen LogP contribution in [0.1, 0.15) is 18.9 Å². The van der Waals surface area contributed by atoms with E-state index in [-0.39, 0.29) is 24.5 Å². The first-order valence-electron chi connectivity index (χ1n) is 4.76. The van der Waals surface area contributed by atoms with Gasteiger partial charge in [0.1, 0.15) is 5.75 Å². The average molecular weight is 286 g/mol. The molecule has 0 aromatic heterocycles. The maximum absolute atomic E-state index is 11.2. The average Bonchev–Trinajstić information content (AvgIpc) is 2.21. The highest BCUT2D eigenvalue weighted by Gasteiger charge is 2.12. The van der Waals surface area contributed by atoms with Crippen molar-refractivity contribution in [2.24, 2.45) is 0 Å². The number of hydrogen-bond donors (Lipinski definition) is 2. The molecule has 86 valence electrons. The van der Waals surface area contributed by atoms with Gasteiger partial charge in [-0.2, -0.15) is 0 Å². The number of phenolic OH excluding ortho intramolecular Hbond substituents is 1. The maximum atomic E-state index is 11.2. The van der Waals surface area contributed by atoms with Crippen LogP contribution in [0.2, 0.25) is 0 Å². The molecule has 0 amide bonds. The summed E-state index contributed by atoms with van der Waals surface area (Å²) in [5.74, 6) is -0.482. The number of esters is 1. The van der Waals surface area contributed by atoms with Gasteiger partial charge < -0.3 is 15.3 Å². The van der Waals surface area contributed by atoms with Crippen LogP contribution in [0.15, 0.2) is 22.7 Å². The number of nitrogens with one attached hydrogen (secondary N) is 1. The molecule has 0 atom stereocenters. The van der Waals surface area contributed by atoms with E-state index in [0.29, 0.717) is 5.56 Å². The Morgan fingerprint density at radius 1 is 1.56 bits per heavy atom. The molecule has 0 aliphatic heterocycles. The van der Waals surface area contributed by atoms with Gasteiger partial charge in [-0.3, -0.25) is 4.79 Å². The fourth-order valence-corrected chi connectivity index (χ4v) is 1.56. The highest BCUT2D eigenvalue weighted by molar-refractivity contribution is 9.10. The van der Waals surface area contributed by atoms with Crippen LogP contribution in [0.25, 0.3) is 0 Å². The zero-order valence-corrected chi connectivity index (χ0v) is 10.4. The Morgan fingerprint density at radius 3 is 2.88 bits per heavy atom. The summed E-state index contributed by atoms with van der Waals surface area (Å²) in [6.07, 6.45) is -0.141. The third-order valence-corrected chi connectivity index (χ3v) is 2.40. The first kappa shape index (κ1) is 12.7. The van der Waals surface area contributed by atoms with E-state index in [4.69, 9.17) is 10.1 Å². The third kappa shape index (κ3) is 3.34. The third-order valence-electron chi connectivity index (χ3n) is 1.91. The molecule has 1 aromatic rings. The summed E-state index contributed by atoms with van der Waals surface area (Å²) in [5, 5.41) is 17.2. The molecule has 0 bridgehead atoms. The van der Waals surface area contributed by atoms with Gasteiger partial charge in [0.25, 0.3) is 0 Å². The van der Waals surface area contributed by atoms with Gasteiger partial charge in [-0.25, -0.2) is 0 Å². The molecule has 16 heavy (non-hydrogen) atoms. The van der Waals surface area contributed by atoms with E-state index in [0.717, 1.165) is 4.47 Å². The molecule has 0 saturated carbocycles. The second-order valence-corrected chi connectivity index (χ2v) is 4.04. The minimum Gasteiger partial charge on any atom is -0.507 e. The molecular weight excluding hydrogens is 274 g/mol. The van der Waals surface area contributed by atoms with Crippen LogP contribution in [0.3, 0.4) is 0 Å². The number of benzene rings is 1. The van der Waals surface area contributed by atoms with Crippen molar-refractivity contribution in [3.8, 4) is 5.75 Å². The number of ether oxygens (including phenoxy) is 1. The van der Waals surface area contributed by atoms with E-state index < -0.39 is 5.97 Å². The lowest BCUT2D eigenvalue weighted by atomic mass is 10.1. The Balaban J connectivity index is 2.80. The van der Waals surface area contributed by atoms with Gasteiger partial charge in [0.15, 0.2) is 0 Å². The summed E-state index contributed by atoms with van der Waals surface area (Å²) < 4.78 is 5.48. The summed E-state index contributed by atoms with van der Waals surface area (Å²) in [5.41, 5.74) is 0.375. The van der Waals surface area contributed by atoms with Crippen molar-refractivity contribution >= 4 is 27.6 Å². The summed E-state index contributed by atoms with van der Waals surface area (Å²) in [6, 6.07) is 4.73. The van der Waals surface area contributed by atoms with Crippen LogP contribution in [-0.2, 0) is 9.53 Å². The quantitative estimate of drug-likeness (QED) is 0.660. The molecule has 4 nitrogen and oxygen atoms in total. The number of aromatic hydroxyl groups is 1. The van der Waals surface area contributed by atoms with Crippen molar-refractivity contribution in [3.63, 3.8) is 0 Å². The lowest BCUT2D eigenvalue weighted by molar-refractivity contribution is -0.141. The molecule has 0 radical (unpaired) electrons. The molecule has 1 aromatic carbocycles. The predicted octanol–water partition coefficient (Wildman–Crippen LogP) is 2.48. The van der Waals surface area contributed by atoms with Gasteiger partial charge in [-0.15, -0.1) is 0 Å². The highest BCUT2D eigenvalue weighted by atomic mass is 79.9. The van der Waals surface area contributed by atoms with Gasteiger partial charge in [-0.05, 0) is 25.1 Å². The number of hydrogen-bond acceptors (Lipinski definition) is 4. The van der Waals surface area contributed by atoms with Crippen LogP contribution in [0.4, 0.5) is 0 Å². The van der Waals surface area contributed by atoms with Crippen LogP contribution < -0.4 is 0 Å². The van der Waals surface area contributed by atoms with Crippen LogP contribution in [0.5, 0.6) is 5.75 Å². The largest absolute Gasteiger partial charge is 0.507 e. The van der Waals surface area contributed by atoms with Gasteiger partial charge in [0.2, 0.25) is 0 Å². The number of carbonyl (C=O) groups excluding carboxylic acids is 1.